The average Bonchev–Trinajstić information content (AvgIpc) is 2.69. The van der Waals surface area contributed by atoms with E-state index < -0.39 is 0 Å². The number of benzene rings is 1. The van der Waals surface area contributed by atoms with Gasteiger partial charge in [0.05, 0.1) is 0 Å². The molecule has 0 atom stereocenters. The minimum atomic E-state index is 0. The number of thioether (sulfide) groups is 1. The largest absolute Gasteiger partial charge is 0.381 e. The lowest BCUT2D eigenvalue weighted by atomic mass is 10.0. The number of nitrogens with zero attached hydrogens (tertiary/aromatic N) is 1. The Balaban J connectivity index is 0.00000364. The maximum atomic E-state index is 5.79. The van der Waals surface area contributed by atoms with Gasteiger partial charge >= 0.3 is 0 Å². The van der Waals surface area contributed by atoms with Gasteiger partial charge in [0.1, 0.15) is 0 Å². The van der Waals surface area contributed by atoms with Crippen molar-refractivity contribution in [3.8, 4) is 0 Å². The van der Waals surface area contributed by atoms with Crippen LogP contribution in [0.5, 0.6) is 0 Å². The summed E-state index contributed by atoms with van der Waals surface area (Å²) < 4.78 is 11.2. The van der Waals surface area contributed by atoms with E-state index in [0.717, 1.165) is 77.0 Å². The van der Waals surface area contributed by atoms with E-state index in [-0.39, 0.29) is 24.0 Å². The normalized spacial score (nSPS) is 15.2. The molecule has 154 valence electrons. The molecule has 1 aliphatic heterocycles. The van der Waals surface area contributed by atoms with E-state index in [1.54, 1.807) is 0 Å². The van der Waals surface area contributed by atoms with Crippen molar-refractivity contribution in [1.29, 1.82) is 0 Å². The molecular weight excluding hydrogens is 473 g/mol. The molecule has 1 saturated heterocycles. The SMILES string of the molecule is CCNC(=NCCCOCC1CCOCC1)NCCSc1ccccc1.I. The van der Waals surface area contributed by atoms with E-state index in [1.165, 1.54) is 4.90 Å². The molecule has 2 rings (SSSR count). The third-order valence-electron chi connectivity index (χ3n) is 4.16. The smallest absolute Gasteiger partial charge is 0.191 e. The second-order valence-electron chi connectivity index (χ2n) is 6.33. The Morgan fingerprint density at radius 3 is 2.74 bits per heavy atom. The van der Waals surface area contributed by atoms with Crippen molar-refractivity contribution in [2.75, 3.05) is 51.8 Å². The van der Waals surface area contributed by atoms with Crippen LogP contribution in [-0.2, 0) is 9.47 Å². The third kappa shape index (κ3) is 11.8. The summed E-state index contributed by atoms with van der Waals surface area (Å²) in [5.41, 5.74) is 0. The molecule has 0 radical (unpaired) electrons. The Bertz CT molecular complexity index is 499. The van der Waals surface area contributed by atoms with Gasteiger partial charge in [0.2, 0.25) is 0 Å². The van der Waals surface area contributed by atoms with Crippen LogP contribution in [0.3, 0.4) is 0 Å². The monoisotopic (exact) mass is 507 g/mol. The van der Waals surface area contributed by atoms with Crippen molar-refractivity contribution in [2.45, 2.75) is 31.1 Å². The van der Waals surface area contributed by atoms with Gasteiger partial charge in [0.15, 0.2) is 5.96 Å². The lowest BCUT2D eigenvalue weighted by molar-refractivity contribution is 0.0205. The molecule has 0 aromatic heterocycles. The molecule has 0 saturated carbocycles. The van der Waals surface area contributed by atoms with Crippen molar-refractivity contribution in [2.24, 2.45) is 10.9 Å². The number of aliphatic imine (C=N–C) groups is 1. The van der Waals surface area contributed by atoms with Gasteiger partial charge in [-0.1, -0.05) is 18.2 Å². The van der Waals surface area contributed by atoms with Crippen molar-refractivity contribution in [3.63, 3.8) is 0 Å². The highest BCUT2D eigenvalue weighted by Gasteiger charge is 2.13. The quantitative estimate of drug-likeness (QED) is 0.157. The highest BCUT2D eigenvalue weighted by molar-refractivity contribution is 14.0. The van der Waals surface area contributed by atoms with E-state index in [4.69, 9.17) is 9.47 Å². The lowest BCUT2D eigenvalue weighted by Gasteiger charge is -2.21. The minimum absolute atomic E-state index is 0. The summed E-state index contributed by atoms with van der Waals surface area (Å²) >= 11 is 1.85. The highest BCUT2D eigenvalue weighted by atomic mass is 127. The number of halogens is 1. The van der Waals surface area contributed by atoms with E-state index in [1.807, 2.05) is 17.8 Å². The first kappa shape index (κ1) is 24.5. The van der Waals surface area contributed by atoms with Crippen LogP contribution in [0.4, 0.5) is 0 Å². The first-order valence-corrected chi connectivity index (χ1v) is 10.7. The van der Waals surface area contributed by atoms with Crippen molar-refractivity contribution >= 4 is 41.7 Å². The average molecular weight is 507 g/mol. The highest BCUT2D eigenvalue weighted by Crippen LogP contribution is 2.16. The molecule has 1 heterocycles. The van der Waals surface area contributed by atoms with Crippen molar-refractivity contribution in [1.82, 2.24) is 10.6 Å². The van der Waals surface area contributed by atoms with Gasteiger partial charge in [-0.3, -0.25) is 4.99 Å². The van der Waals surface area contributed by atoms with Crippen LogP contribution >= 0.6 is 35.7 Å². The van der Waals surface area contributed by atoms with Crippen molar-refractivity contribution in [3.05, 3.63) is 30.3 Å². The predicted octanol–water partition coefficient (Wildman–Crippen LogP) is 3.79. The molecule has 1 aliphatic rings. The minimum Gasteiger partial charge on any atom is -0.381 e. The summed E-state index contributed by atoms with van der Waals surface area (Å²) in [6.07, 6.45) is 3.22. The van der Waals surface area contributed by atoms with Crippen LogP contribution in [0.1, 0.15) is 26.2 Å². The van der Waals surface area contributed by atoms with Crippen LogP contribution in [-0.4, -0.2) is 57.8 Å². The number of ether oxygens (including phenoxy) is 2. The maximum absolute atomic E-state index is 5.79. The Kier molecular flexibility index (Phi) is 14.9. The molecule has 1 aromatic rings. The summed E-state index contributed by atoms with van der Waals surface area (Å²) in [4.78, 5) is 5.93. The van der Waals surface area contributed by atoms with Crippen LogP contribution in [0.15, 0.2) is 40.2 Å². The molecule has 2 N–H and O–H groups in total. The van der Waals surface area contributed by atoms with Gasteiger partial charge in [0.25, 0.3) is 0 Å². The van der Waals surface area contributed by atoms with Crippen LogP contribution in [0.25, 0.3) is 0 Å². The Morgan fingerprint density at radius 2 is 2.00 bits per heavy atom. The first-order valence-electron chi connectivity index (χ1n) is 9.74. The topological polar surface area (TPSA) is 54.9 Å². The lowest BCUT2D eigenvalue weighted by Crippen LogP contribution is -2.38. The number of hydrogen-bond donors (Lipinski definition) is 2. The summed E-state index contributed by atoms with van der Waals surface area (Å²) in [6, 6.07) is 10.5. The van der Waals surface area contributed by atoms with Gasteiger partial charge in [-0.2, -0.15) is 0 Å². The zero-order valence-electron chi connectivity index (χ0n) is 16.3. The van der Waals surface area contributed by atoms with Crippen LogP contribution < -0.4 is 10.6 Å². The molecule has 0 aliphatic carbocycles. The molecule has 1 aromatic carbocycles. The van der Waals surface area contributed by atoms with E-state index in [2.05, 4.69) is 46.8 Å². The molecule has 0 amide bonds. The molecule has 0 bridgehead atoms. The van der Waals surface area contributed by atoms with E-state index in [9.17, 15) is 0 Å². The fourth-order valence-corrected chi connectivity index (χ4v) is 3.51. The Hall–Kier alpha value is -0.510. The van der Waals surface area contributed by atoms with Gasteiger partial charge in [-0.05, 0) is 44.2 Å². The van der Waals surface area contributed by atoms with Crippen LogP contribution in [0.2, 0.25) is 0 Å². The summed E-state index contributed by atoms with van der Waals surface area (Å²) in [6.45, 7) is 8.06. The summed E-state index contributed by atoms with van der Waals surface area (Å²) in [7, 11) is 0. The van der Waals surface area contributed by atoms with E-state index in [0.29, 0.717) is 5.92 Å². The fourth-order valence-electron chi connectivity index (χ4n) is 2.72. The molecule has 1 fully saturated rings. The molecule has 0 unspecified atom stereocenters. The van der Waals surface area contributed by atoms with Gasteiger partial charge in [-0.15, -0.1) is 35.7 Å². The fraction of sp³-hybridized carbons (Fsp3) is 0.650. The number of hydrogen-bond acceptors (Lipinski definition) is 4. The molecular formula is C20H34IN3O2S. The number of guanidine groups is 1. The predicted molar refractivity (Wildman–Crippen MR) is 126 cm³/mol. The van der Waals surface area contributed by atoms with Crippen molar-refractivity contribution < 1.29 is 9.47 Å². The maximum Gasteiger partial charge on any atom is 0.191 e. The standard InChI is InChI=1S/C20H33N3O2S.HI/c1-2-21-20(23-12-16-26-19-7-4-3-5-8-19)22-11-6-13-25-17-18-9-14-24-15-10-18;/h3-5,7-8,18H,2,6,9-17H2,1H3,(H2,21,22,23);1H. The second kappa shape index (κ2) is 16.4. The summed E-state index contributed by atoms with van der Waals surface area (Å²) in [5.74, 6) is 2.58. The third-order valence-corrected chi connectivity index (χ3v) is 5.18. The zero-order valence-corrected chi connectivity index (χ0v) is 19.5. The van der Waals surface area contributed by atoms with E-state index >= 15 is 0 Å². The van der Waals surface area contributed by atoms with Gasteiger partial charge in [0, 0.05) is 56.7 Å². The van der Waals surface area contributed by atoms with Gasteiger partial charge < -0.3 is 20.1 Å². The number of nitrogens with one attached hydrogen (secondary N) is 2. The molecule has 0 spiro atoms. The molecule has 27 heavy (non-hydrogen) atoms. The molecule has 5 nitrogen and oxygen atoms in total. The first-order chi connectivity index (χ1) is 12.9. The number of rotatable bonds is 11. The summed E-state index contributed by atoms with van der Waals surface area (Å²) in [5, 5.41) is 6.70. The Morgan fingerprint density at radius 1 is 1.22 bits per heavy atom. The second-order valence-corrected chi connectivity index (χ2v) is 7.50. The van der Waals surface area contributed by atoms with Crippen LogP contribution in [0, 0.1) is 5.92 Å². The Labute approximate surface area is 185 Å². The molecule has 7 heteroatoms. The zero-order chi connectivity index (χ0) is 18.3. The van der Waals surface area contributed by atoms with Gasteiger partial charge in [-0.25, -0.2) is 0 Å².